The van der Waals surface area contributed by atoms with E-state index in [4.69, 9.17) is 4.74 Å². The second-order valence-electron chi connectivity index (χ2n) is 7.97. The van der Waals surface area contributed by atoms with Crippen molar-refractivity contribution in [2.75, 3.05) is 18.1 Å². The number of hydrogen-bond donors (Lipinski definition) is 0. The van der Waals surface area contributed by atoms with Gasteiger partial charge in [-0.3, -0.25) is 9.69 Å². The lowest BCUT2D eigenvalue weighted by atomic mass is 9.90. The molecule has 30 heavy (non-hydrogen) atoms. The lowest BCUT2D eigenvalue weighted by Crippen LogP contribution is -2.37. The van der Waals surface area contributed by atoms with Crippen LogP contribution in [-0.4, -0.2) is 30.1 Å². The summed E-state index contributed by atoms with van der Waals surface area (Å²) in [6.45, 7) is 1.02. The second kappa shape index (κ2) is 8.04. The molecule has 0 N–H and O–H groups in total. The first-order valence-electron chi connectivity index (χ1n) is 10.4. The summed E-state index contributed by atoms with van der Waals surface area (Å²) in [5.74, 6) is -1.55. The number of aromatic nitrogens is 1. The monoisotopic (exact) mass is 428 g/mol. The van der Waals surface area contributed by atoms with E-state index in [2.05, 4.69) is 4.98 Å². The van der Waals surface area contributed by atoms with Crippen LogP contribution in [0, 0.1) is 11.6 Å². The molecule has 4 nitrogen and oxygen atoms in total. The standard InChI is InChI=1S/C23H22F2N2O2S/c24-17-11-19(25)21-20(12-17)30-23(26-21)27(13-18-6-3-9-29-18)22(28)16-8-7-14-4-1-2-5-15(14)10-16/h7-8,10-12,18H,1-6,9,13H2. The number of carbonyl (C=O) groups is 1. The molecular formula is C23H22F2N2O2S. The predicted octanol–water partition coefficient (Wildman–Crippen LogP) is 5.28. The van der Waals surface area contributed by atoms with Crippen LogP contribution in [-0.2, 0) is 17.6 Å². The molecule has 0 bridgehead atoms. The summed E-state index contributed by atoms with van der Waals surface area (Å²) in [7, 11) is 0. The topological polar surface area (TPSA) is 42.4 Å². The van der Waals surface area contributed by atoms with Gasteiger partial charge in [0.1, 0.15) is 11.3 Å². The summed E-state index contributed by atoms with van der Waals surface area (Å²) in [5, 5.41) is 0.368. The number of carbonyl (C=O) groups excluding carboxylic acids is 1. The third-order valence-corrected chi connectivity index (χ3v) is 6.91. The Morgan fingerprint density at radius 2 is 1.97 bits per heavy atom. The van der Waals surface area contributed by atoms with Gasteiger partial charge in [0.2, 0.25) is 0 Å². The van der Waals surface area contributed by atoms with Crippen molar-refractivity contribution < 1.29 is 18.3 Å². The highest BCUT2D eigenvalue weighted by Crippen LogP contribution is 2.33. The van der Waals surface area contributed by atoms with Crippen molar-refractivity contribution in [1.82, 2.24) is 4.98 Å². The van der Waals surface area contributed by atoms with E-state index in [1.807, 2.05) is 18.2 Å². The number of fused-ring (bicyclic) bond motifs is 2. The molecule has 1 fully saturated rings. The Hall–Kier alpha value is -2.38. The molecule has 2 aromatic carbocycles. The molecule has 2 aliphatic rings. The number of thiazole rings is 1. The van der Waals surface area contributed by atoms with E-state index in [0.717, 1.165) is 49.5 Å². The molecule has 1 saturated heterocycles. The molecule has 5 rings (SSSR count). The summed E-state index contributed by atoms with van der Waals surface area (Å²) in [4.78, 5) is 19.4. The van der Waals surface area contributed by atoms with Crippen molar-refractivity contribution in [3.63, 3.8) is 0 Å². The number of aryl methyl sites for hydroxylation is 2. The van der Waals surface area contributed by atoms with Crippen LogP contribution < -0.4 is 4.90 Å². The number of halogens is 2. The van der Waals surface area contributed by atoms with Gasteiger partial charge in [0.15, 0.2) is 10.9 Å². The van der Waals surface area contributed by atoms with Crippen molar-refractivity contribution in [3.05, 3.63) is 58.7 Å². The van der Waals surface area contributed by atoms with Crippen LogP contribution in [0.2, 0.25) is 0 Å². The van der Waals surface area contributed by atoms with Gasteiger partial charge in [-0.05, 0) is 67.9 Å². The lowest BCUT2D eigenvalue weighted by Gasteiger charge is -2.24. The Balaban J connectivity index is 1.53. The average molecular weight is 429 g/mol. The van der Waals surface area contributed by atoms with Crippen LogP contribution in [0.15, 0.2) is 30.3 Å². The van der Waals surface area contributed by atoms with Gasteiger partial charge in [0.05, 0.1) is 17.3 Å². The Morgan fingerprint density at radius 1 is 1.13 bits per heavy atom. The molecule has 1 atom stereocenters. The molecule has 7 heteroatoms. The Morgan fingerprint density at radius 3 is 2.77 bits per heavy atom. The zero-order valence-corrected chi connectivity index (χ0v) is 17.3. The number of rotatable bonds is 4. The summed E-state index contributed by atoms with van der Waals surface area (Å²) in [6.07, 6.45) is 6.07. The number of anilines is 1. The van der Waals surface area contributed by atoms with E-state index < -0.39 is 11.6 Å². The number of nitrogens with zero attached hydrogens (tertiary/aromatic N) is 2. The zero-order valence-electron chi connectivity index (χ0n) is 16.5. The fraction of sp³-hybridized carbons (Fsp3) is 0.391. The van der Waals surface area contributed by atoms with Crippen LogP contribution >= 0.6 is 11.3 Å². The molecule has 156 valence electrons. The molecular weight excluding hydrogens is 406 g/mol. The summed E-state index contributed by atoms with van der Waals surface area (Å²) >= 11 is 1.13. The van der Waals surface area contributed by atoms with E-state index >= 15 is 0 Å². The SMILES string of the molecule is O=C(c1ccc2c(c1)CCCC2)N(CC1CCCO1)c1nc2c(F)cc(F)cc2s1. The van der Waals surface area contributed by atoms with E-state index in [9.17, 15) is 13.6 Å². The molecule has 1 aromatic heterocycles. The first-order chi connectivity index (χ1) is 14.6. The van der Waals surface area contributed by atoms with Crippen LogP contribution in [0.4, 0.5) is 13.9 Å². The van der Waals surface area contributed by atoms with Gasteiger partial charge in [-0.15, -0.1) is 0 Å². The second-order valence-corrected chi connectivity index (χ2v) is 8.98. The normalized spacial score (nSPS) is 18.5. The first kappa shape index (κ1) is 19.6. The fourth-order valence-electron chi connectivity index (χ4n) is 4.32. The number of ether oxygens (including phenoxy) is 1. The van der Waals surface area contributed by atoms with E-state index in [1.165, 1.54) is 23.6 Å². The summed E-state index contributed by atoms with van der Waals surface area (Å²) in [6, 6.07) is 7.96. The zero-order chi connectivity index (χ0) is 20.7. The molecule has 2 heterocycles. The minimum Gasteiger partial charge on any atom is -0.376 e. The number of hydrogen-bond acceptors (Lipinski definition) is 4. The Kier molecular flexibility index (Phi) is 5.25. The van der Waals surface area contributed by atoms with Crippen molar-refractivity contribution in [3.8, 4) is 0 Å². The van der Waals surface area contributed by atoms with Gasteiger partial charge in [0, 0.05) is 18.2 Å². The number of benzene rings is 2. The summed E-state index contributed by atoms with van der Waals surface area (Å²) < 4.78 is 34.0. The largest absolute Gasteiger partial charge is 0.376 e. The minimum atomic E-state index is -0.717. The van der Waals surface area contributed by atoms with Gasteiger partial charge >= 0.3 is 0 Å². The van der Waals surface area contributed by atoms with E-state index in [1.54, 1.807) is 4.90 Å². The van der Waals surface area contributed by atoms with Crippen LogP contribution in [0.1, 0.15) is 47.2 Å². The van der Waals surface area contributed by atoms with E-state index in [-0.39, 0.29) is 17.5 Å². The predicted molar refractivity (Wildman–Crippen MR) is 113 cm³/mol. The highest BCUT2D eigenvalue weighted by Gasteiger charge is 2.28. The van der Waals surface area contributed by atoms with Gasteiger partial charge < -0.3 is 4.74 Å². The minimum absolute atomic E-state index is 0.0832. The first-order valence-corrected chi connectivity index (χ1v) is 11.2. The maximum absolute atomic E-state index is 14.2. The van der Waals surface area contributed by atoms with Crippen LogP contribution in [0.25, 0.3) is 10.2 Å². The van der Waals surface area contributed by atoms with Gasteiger partial charge in [-0.25, -0.2) is 13.8 Å². The van der Waals surface area contributed by atoms with Crippen molar-refractivity contribution in [2.45, 2.75) is 44.6 Å². The van der Waals surface area contributed by atoms with Crippen molar-refractivity contribution in [1.29, 1.82) is 0 Å². The molecule has 1 amide bonds. The fourth-order valence-corrected chi connectivity index (χ4v) is 5.34. The van der Waals surface area contributed by atoms with Gasteiger partial charge in [-0.2, -0.15) is 0 Å². The third kappa shape index (κ3) is 3.72. The average Bonchev–Trinajstić information content (AvgIpc) is 3.41. The molecule has 0 radical (unpaired) electrons. The summed E-state index contributed by atoms with van der Waals surface area (Å²) in [5.41, 5.74) is 3.22. The van der Waals surface area contributed by atoms with Crippen molar-refractivity contribution in [2.24, 2.45) is 0 Å². The number of amides is 1. The molecule has 0 saturated carbocycles. The highest BCUT2D eigenvalue weighted by molar-refractivity contribution is 7.22. The quantitative estimate of drug-likeness (QED) is 0.568. The lowest BCUT2D eigenvalue weighted by molar-refractivity contribution is 0.0917. The maximum atomic E-state index is 14.2. The molecule has 3 aromatic rings. The maximum Gasteiger partial charge on any atom is 0.260 e. The Bertz CT molecular complexity index is 1110. The van der Waals surface area contributed by atoms with Gasteiger partial charge in [-0.1, -0.05) is 17.4 Å². The van der Waals surface area contributed by atoms with E-state index in [0.29, 0.717) is 28.5 Å². The van der Waals surface area contributed by atoms with Gasteiger partial charge in [0.25, 0.3) is 5.91 Å². The third-order valence-electron chi connectivity index (χ3n) is 5.88. The van der Waals surface area contributed by atoms with Crippen LogP contribution in [0.5, 0.6) is 0 Å². The molecule has 1 aliphatic carbocycles. The molecule has 1 unspecified atom stereocenters. The molecule has 1 aliphatic heterocycles. The smallest absolute Gasteiger partial charge is 0.260 e. The van der Waals surface area contributed by atoms with Crippen LogP contribution in [0.3, 0.4) is 0 Å². The Labute approximate surface area is 177 Å². The van der Waals surface area contributed by atoms with Crippen molar-refractivity contribution >= 4 is 32.6 Å². The highest BCUT2D eigenvalue weighted by atomic mass is 32.1. The molecule has 0 spiro atoms.